The van der Waals surface area contributed by atoms with Gasteiger partial charge in [-0.2, -0.15) is 0 Å². The summed E-state index contributed by atoms with van der Waals surface area (Å²) in [6.45, 7) is 3.74. The highest BCUT2D eigenvalue weighted by Crippen LogP contribution is 2.49. The molecule has 0 spiro atoms. The van der Waals surface area contributed by atoms with Crippen LogP contribution in [0.5, 0.6) is 0 Å². The van der Waals surface area contributed by atoms with E-state index in [9.17, 15) is 9.36 Å². The van der Waals surface area contributed by atoms with Crippen molar-refractivity contribution in [1.82, 2.24) is 0 Å². The Labute approximate surface area is 143 Å². The number of benzene rings is 1. The van der Waals surface area contributed by atoms with Crippen LogP contribution >= 0.6 is 18.9 Å². The molecule has 0 aliphatic rings. The molecule has 0 amide bonds. The topological polar surface area (TPSA) is 65.7 Å². The summed E-state index contributed by atoms with van der Waals surface area (Å²) in [5.74, 6) is 0.249. The van der Waals surface area contributed by atoms with Crippen molar-refractivity contribution >= 4 is 35.2 Å². The predicted molar refractivity (Wildman–Crippen MR) is 96.3 cm³/mol. The molecule has 0 N–H and O–H groups in total. The lowest BCUT2D eigenvalue weighted by Crippen LogP contribution is -2.29. The Balaban J connectivity index is 2.40. The van der Waals surface area contributed by atoms with Gasteiger partial charge in [0.1, 0.15) is 5.58 Å². The van der Waals surface area contributed by atoms with Gasteiger partial charge >= 0.3 is 7.60 Å². The molecule has 3 rings (SSSR count). The fraction of sp³-hybridized carbons (Fsp3) is 0.235. The highest BCUT2D eigenvalue weighted by Gasteiger charge is 2.36. The molecule has 0 saturated carbocycles. The average molecular weight is 364 g/mol. The highest BCUT2D eigenvalue weighted by molar-refractivity contribution is 7.62. The molecule has 24 heavy (non-hydrogen) atoms. The monoisotopic (exact) mass is 364 g/mol. The maximum absolute atomic E-state index is 13.3. The van der Waals surface area contributed by atoms with Gasteiger partial charge in [-0.05, 0) is 37.4 Å². The summed E-state index contributed by atoms with van der Waals surface area (Å²) in [6, 6.07) is 10.5. The van der Waals surface area contributed by atoms with Gasteiger partial charge in [0, 0.05) is 0 Å². The van der Waals surface area contributed by atoms with Crippen LogP contribution < -0.4 is 10.7 Å². The van der Waals surface area contributed by atoms with E-state index in [1.807, 2.05) is 17.5 Å². The third kappa shape index (κ3) is 2.98. The summed E-state index contributed by atoms with van der Waals surface area (Å²) < 4.78 is 30.0. The smallest absolute Gasteiger partial charge is 0.369 e. The highest BCUT2D eigenvalue weighted by atomic mass is 32.1. The summed E-state index contributed by atoms with van der Waals surface area (Å²) in [7, 11) is -3.79. The van der Waals surface area contributed by atoms with Crippen LogP contribution in [0.25, 0.3) is 21.6 Å². The molecule has 1 aromatic carbocycles. The number of hydrogen-bond acceptors (Lipinski definition) is 6. The molecule has 0 fully saturated rings. The number of fused-ring (bicyclic) bond motifs is 1. The van der Waals surface area contributed by atoms with E-state index in [0.717, 1.165) is 0 Å². The SMILES string of the molecule is CCOP(=O)(OCC)c1c(-c2cccs2)oc2ccccc2c1=O. The number of para-hydroxylation sites is 1. The second kappa shape index (κ2) is 7.03. The van der Waals surface area contributed by atoms with E-state index >= 15 is 0 Å². The van der Waals surface area contributed by atoms with Crippen LogP contribution in [-0.4, -0.2) is 13.2 Å². The summed E-state index contributed by atoms with van der Waals surface area (Å²) in [6.07, 6.45) is 0. The molecule has 0 aliphatic heterocycles. The van der Waals surface area contributed by atoms with Crippen LogP contribution in [0.4, 0.5) is 0 Å². The van der Waals surface area contributed by atoms with Gasteiger partial charge in [0.25, 0.3) is 0 Å². The van der Waals surface area contributed by atoms with Crippen LogP contribution in [0.2, 0.25) is 0 Å². The zero-order chi connectivity index (χ0) is 17.2. The first-order valence-corrected chi connectivity index (χ1v) is 10.0. The van der Waals surface area contributed by atoms with E-state index in [4.69, 9.17) is 13.5 Å². The minimum absolute atomic E-state index is 0.0349. The van der Waals surface area contributed by atoms with E-state index in [-0.39, 0.29) is 29.7 Å². The quantitative estimate of drug-likeness (QED) is 0.606. The summed E-state index contributed by atoms with van der Waals surface area (Å²) in [5, 5.41) is 2.18. The molecule has 0 radical (unpaired) electrons. The van der Waals surface area contributed by atoms with Gasteiger partial charge < -0.3 is 13.5 Å². The minimum Gasteiger partial charge on any atom is -0.454 e. The van der Waals surface area contributed by atoms with Gasteiger partial charge in [-0.15, -0.1) is 11.3 Å². The van der Waals surface area contributed by atoms with Crippen LogP contribution in [-0.2, 0) is 13.6 Å². The molecule has 5 nitrogen and oxygen atoms in total. The Morgan fingerprint density at radius 2 is 1.79 bits per heavy atom. The molecule has 0 saturated heterocycles. The largest absolute Gasteiger partial charge is 0.454 e. The first kappa shape index (κ1) is 17.1. The third-order valence-electron chi connectivity index (χ3n) is 3.39. The Bertz CT molecular complexity index is 935. The molecule has 2 heterocycles. The van der Waals surface area contributed by atoms with Crippen molar-refractivity contribution in [3.05, 3.63) is 52.0 Å². The van der Waals surface area contributed by atoms with Crippen LogP contribution in [0, 0.1) is 0 Å². The van der Waals surface area contributed by atoms with Gasteiger partial charge in [0.15, 0.2) is 11.1 Å². The molecular weight excluding hydrogens is 347 g/mol. The Morgan fingerprint density at radius 3 is 2.42 bits per heavy atom. The molecule has 126 valence electrons. The molecular formula is C17H17O5PS. The number of rotatable bonds is 6. The number of thiophene rings is 1. The molecule has 0 atom stereocenters. The third-order valence-corrected chi connectivity index (χ3v) is 6.41. The number of hydrogen-bond donors (Lipinski definition) is 0. The standard InChI is InChI=1S/C17H17O5PS/c1-3-20-23(19,21-4-2)17-15(18)12-8-5-6-9-13(12)22-16(17)14-10-7-11-24-14/h5-11H,3-4H2,1-2H3. The van der Waals surface area contributed by atoms with Gasteiger partial charge in [0.2, 0.25) is 5.43 Å². The molecule has 0 unspecified atom stereocenters. The lowest BCUT2D eigenvalue weighted by atomic mass is 10.2. The first-order chi connectivity index (χ1) is 11.6. The van der Waals surface area contributed by atoms with Gasteiger partial charge in [-0.3, -0.25) is 9.36 Å². The van der Waals surface area contributed by atoms with E-state index in [1.165, 1.54) is 11.3 Å². The average Bonchev–Trinajstić information content (AvgIpc) is 3.09. The maximum atomic E-state index is 13.3. The Kier molecular flexibility index (Phi) is 5.01. The van der Waals surface area contributed by atoms with E-state index in [2.05, 4.69) is 0 Å². The molecule has 7 heteroatoms. The first-order valence-electron chi connectivity index (χ1n) is 7.60. The second-order valence-electron chi connectivity index (χ2n) is 4.92. The van der Waals surface area contributed by atoms with E-state index < -0.39 is 7.60 Å². The fourth-order valence-electron chi connectivity index (χ4n) is 2.46. The summed E-state index contributed by atoms with van der Waals surface area (Å²) in [4.78, 5) is 13.8. The van der Waals surface area contributed by atoms with E-state index in [1.54, 1.807) is 38.1 Å². The van der Waals surface area contributed by atoms with Crippen molar-refractivity contribution in [3.8, 4) is 10.6 Å². The van der Waals surface area contributed by atoms with Crippen LogP contribution in [0.15, 0.2) is 51.0 Å². The van der Waals surface area contributed by atoms with Crippen molar-refractivity contribution in [1.29, 1.82) is 0 Å². The van der Waals surface area contributed by atoms with Crippen molar-refractivity contribution in [2.24, 2.45) is 0 Å². The Morgan fingerprint density at radius 1 is 1.08 bits per heavy atom. The van der Waals surface area contributed by atoms with E-state index in [0.29, 0.717) is 15.8 Å². The lowest BCUT2D eigenvalue weighted by molar-refractivity contribution is 0.229. The second-order valence-corrected chi connectivity index (χ2v) is 7.82. The summed E-state index contributed by atoms with van der Waals surface area (Å²) in [5.41, 5.74) is 0.0553. The van der Waals surface area contributed by atoms with Gasteiger partial charge in [0.05, 0.1) is 23.5 Å². The zero-order valence-electron chi connectivity index (χ0n) is 13.4. The molecule has 0 aliphatic carbocycles. The maximum Gasteiger partial charge on any atom is 0.369 e. The fourth-order valence-corrected chi connectivity index (χ4v) is 5.05. The van der Waals surface area contributed by atoms with Gasteiger partial charge in [-0.25, -0.2) is 0 Å². The van der Waals surface area contributed by atoms with Gasteiger partial charge in [-0.1, -0.05) is 18.2 Å². The van der Waals surface area contributed by atoms with Crippen molar-refractivity contribution in [3.63, 3.8) is 0 Å². The van der Waals surface area contributed by atoms with Crippen molar-refractivity contribution < 1.29 is 18.0 Å². The summed E-state index contributed by atoms with van der Waals surface area (Å²) >= 11 is 1.39. The normalized spacial score (nSPS) is 11.9. The predicted octanol–water partition coefficient (Wildman–Crippen LogP) is 4.41. The van der Waals surface area contributed by atoms with Crippen molar-refractivity contribution in [2.45, 2.75) is 13.8 Å². The molecule has 3 aromatic rings. The Hall–Kier alpha value is -1.72. The van der Waals surface area contributed by atoms with Crippen molar-refractivity contribution in [2.75, 3.05) is 13.2 Å². The van der Waals surface area contributed by atoms with Crippen LogP contribution in [0.1, 0.15) is 13.8 Å². The lowest BCUT2D eigenvalue weighted by Gasteiger charge is -2.18. The molecule has 0 bridgehead atoms. The molecule has 2 aromatic heterocycles. The minimum atomic E-state index is -3.79. The zero-order valence-corrected chi connectivity index (χ0v) is 15.1. The van der Waals surface area contributed by atoms with Crippen LogP contribution in [0.3, 0.4) is 0 Å².